The maximum atomic E-state index is 2.44. The van der Waals surface area contributed by atoms with E-state index in [2.05, 4.69) is 216 Å². The fourth-order valence-electron chi connectivity index (χ4n) is 8.37. The van der Waals surface area contributed by atoms with E-state index >= 15 is 0 Å². The third-order valence-electron chi connectivity index (χ3n) is 10.9. The number of thiophene rings is 1. The number of hydrogen-bond acceptors (Lipinski definition) is 2. The molecule has 0 unspecified atom stereocenters. The largest absolute Gasteiger partial charge is 0.310 e. The Morgan fingerprint density at radius 3 is 1.82 bits per heavy atom. The third-order valence-corrected chi connectivity index (χ3v) is 12.1. The second kappa shape index (κ2) is 12.9. The molecule has 0 radical (unpaired) electrons. The smallest absolute Gasteiger partial charge is 0.0554 e. The number of anilines is 3. The van der Waals surface area contributed by atoms with Gasteiger partial charge in [-0.25, -0.2) is 0 Å². The van der Waals surface area contributed by atoms with E-state index in [0.717, 1.165) is 17.1 Å². The highest BCUT2D eigenvalue weighted by atomic mass is 32.1. The predicted molar refractivity (Wildman–Crippen MR) is 237 cm³/mol. The summed E-state index contributed by atoms with van der Waals surface area (Å²) in [5.41, 5.74) is 11.7. The normalized spacial score (nSPS) is 11.6. The highest BCUT2D eigenvalue weighted by molar-refractivity contribution is 7.26. The van der Waals surface area contributed by atoms with Crippen LogP contribution >= 0.6 is 11.3 Å². The molecule has 0 spiro atoms. The topological polar surface area (TPSA) is 8.17 Å². The van der Waals surface area contributed by atoms with Crippen LogP contribution in [-0.2, 0) is 0 Å². The van der Waals surface area contributed by atoms with E-state index in [1.807, 2.05) is 11.3 Å². The molecule has 0 atom stereocenters. The maximum absolute atomic E-state index is 2.44. The molecule has 0 N–H and O–H groups in total. The summed E-state index contributed by atoms with van der Waals surface area (Å²) in [6, 6.07) is 75.2. The molecule has 0 saturated heterocycles. The number of hydrogen-bond donors (Lipinski definition) is 0. The summed E-state index contributed by atoms with van der Waals surface area (Å²) >= 11 is 1.86. The average molecular weight is 719 g/mol. The molecule has 9 aromatic carbocycles. The van der Waals surface area contributed by atoms with Crippen LogP contribution in [0.25, 0.3) is 80.7 Å². The minimum absolute atomic E-state index is 1.11. The maximum Gasteiger partial charge on any atom is 0.0554 e. The Balaban J connectivity index is 1.11. The number of fused-ring (bicyclic) bond motifs is 7. The molecule has 258 valence electrons. The van der Waals surface area contributed by atoms with Gasteiger partial charge in [0.15, 0.2) is 0 Å². The van der Waals surface area contributed by atoms with Gasteiger partial charge < -0.3 is 9.47 Å². The molecule has 55 heavy (non-hydrogen) atoms. The Kier molecular flexibility index (Phi) is 7.39. The van der Waals surface area contributed by atoms with E-state index in [1.165, 1.54) is 80.7 Å². The summed E-state index contributed by atoms with van der Waals surface area (Å²) in [6.07, 6.45) is 0. The second-order valence-electron chi connectivity index (χ2n) is 14.2. The van der Waals surface area contributed by atoms with Crippen molar-refractivity contribution in [1.29, 1.82) is 0 Å². The molecule has 2 nitrogen and oxygen atoms in total. The Labute approximate surface area is 323 Å². The van der Waals surface area contributed by atoms with Crippen molar-refractivity contribution in [2.45, 2.75) is 0 Å². The molecule has 2 heterocycles. The Morgan fingerprint density at radius 1 is 0.364 bits per heavy atom. The van der Waals surface area contributed by atoms with Gasteiger partial charge in [-0.15, -0.1) is 11.3 Å². The van der Waals surface area contributed by atoms with Crippen molar-refractivity contribution < 1.29 is 0 Å². The fraction of sp³-hybridized carbons (Fsp3) is 0. The van der Waals surface area contributed by atoms with Crippen LogP contribution in [0.15, 0.2) is 206 Å². The quantitative estimate of drug-likeness (QED) is 0.166. The molecule has 0 saturated carbocycles. The van der Waals surface area contributed by atoms with Gasteiger partial charge in [0.1, 0.15) is 0 Å². The summed E-state index contributed by atoms with van der Waals surface area (Å²) in [5.74, 6) is 0. The lowest BCUT2D eigenvalue weighted by Crippen LogP contribution is -2.10. The highest BCUT2D eigenvalue weighted by Crippen LogP contribution is 2.46. The zero-order valence-corrected chi connectivity index (χ0v) is 30.7. The molecule has 0 amide bonds. The molecule has 0 bridgehead atoms. The van der Waals surface area contributed by atoms with Gasteiger partial charge in [0.2, 0.25) is 0 Å². The summed E-state index contributed by atoms with van der Waals surface area (Å²) < 4.78 is 5.01. The molecule has 0 fully saturated rings. The van der Waals surface area contributed by atoms with Gasteiger partial charge >= 0.3 is 0 Å². The van der Waals surface area contributed by atoms with Crippen molar-refractivity contribution in [2.75, 3.05) is 4.90 Å². The fourth-order valence-corrected chi connectivity index (χ4v) is 9.49. The van der Waals surface area contributed by atoms with Crippen molar-refractivity contribution in [1.82, 2.24) is 4.57 Å². The molecule has 11 aromatic rings. The highest BCUT2D eigenvalue weighted by Gasteiger charge is 2.20. The predicted octanol–water partition coefficient (Wildman–Crippen LogP) is 15.1. The number of nitrogens with zero attached hydrogens (tertiary/aromatic N) is 2. The molecule has 0 aliphatic heterocycles. The SMILES string of the molecule is c1ccc(-c2ccc(N(c3cccc(-c4ccc5c6cc7ccccc7cc6n(-c6ccccc6)c5c4)c3)c3cccc4sc5ccccc5c34)cc2)cc1. The molecule has 0 aliphatic carbocycles. The molecule has 11 rings (SSSR count). The summed E-state index contributed by atoms with van der Waals surface area (Å²) in [7, 11) is 0. The van der Waals surface area contributed by atoms with Crippen molar-refractivity contribution in [2.24, 2.45) is 0 Å². The number of benzene rings is 9. The van der Waals surface area contributed by atoms with Crippen molar-refractivity contribution in [3.05, 3.63) is 206 Å². The van der Waals surface area contributed by atoms with Crippen LogP contribution in [0.5, 0.6) is 0 Å². The van der Waals surface area contributed by atoms with E-state index in [-0.39, 0.29) is 0 Å². The van der Waals surface area contributed by atoms with Crippen LogP contribution in [0.4, 0.5) is 17.1 Å². The lowest BCUT2D eigenvalue weighted by Gasteiger charge is -2.27. The minimum Gasteiger partial charge on any atom is -0.310 e. The minimum atomic E-state index is 1.11. The summed E-state index contributed by atoms with van der Waals surface area (Å²) in [5, 5.41) is 7.57. The average Bonchev–Trinajstić information content (AvgIpc) is 3.79. The van der Waals surface area contributed by atoms with Crippen molar-refractivity contribution in [3.63, 3.8) is 0 Å². The number of aromatic nitrogens is 1. The van der Waals surface area contributed by atoms with Gasteiger partial charge in [0, 0.05) is 48.0 Å². The lowest BCUT2D eigenvalue weighted by atomic mass is 10.0. The Hall–Kier alpha value is -6.94. The lowest BCUT2D eigenvalue weighted by molar-refractivity contribution is 1.18. The van der Waals surface area contributed by atoms with Gasteiger partial charge in [0.05, 0.1) is 16.7 Å². The third kappa shape index (κ3) is 5.32. The van der Waals surface area contributed by atoms with Gasteiger partial charge in [-0.2, -0.15) is 0 Å². The van der Waals surface area contributed by atoms with E-state index in [4.69, 9.17) is 0 Å². The van der Waals surface area contributed by atoms with Gasteiger partial charge in [-0.1, -0.05) is 133 Å². The second-order valence-corrected chi connectivity index (χ2v) is 15.3. The number of para-hydroxylation sites is 1. The first-order chi connectivity index (χ1) is 27.3. The van der Waals surface area contributed by atoms with Gasteiger partial charge in [-0.3, -0.25) is 0 Å². The summed E-state index contributed by atoms with van der Waals surface area (Å²) in [4.78, 5) is 2.44. The van der Waals surface area contributed by atoms with Crippen LogP contribution in [0.3, 0.4) is 0 Å². The number of rotatable bonds is 6. The monoisotopic (exact) mass is 718 g/mol. The van der Waals surface area contributed by atoms with E-state index < -0.39 is 0 Å². The first-order valence-electron chi connectivity index (χ1n) is 18.8. The summed E-state index contributed by atoms with van der Waals surface area (Å²) in [6.45, 7) is 0. The van der Waals surface area contributed by atoms with Crippen LogP contribution < -0.4 is 4.90 Å². The van der Waals surface area contributed by atoms with Crippen LogP contribution in [0.2, 0.25) is 0 Å². The van der Waals surface area contributed by atoms with Crippen molar-refractivity contribution in [3.8, 4) is 27.9 Å². The molecular formula is C52H34N2S. The van der Waals surface area contributed by atoms with E-state index in [1.54, 1.807) is 0 Å². The molecule has 2 aromatic heterocycles. The van der Waals surface area contributed by atoms with Crippen LogP contribution in [0, 0.1) is 0 Å². The first kappa shape index (κ1) is 31.6. The van der Waals surface area contributed by atoms with E-state index in [0.29, 0.717) is 0 Å². The molecular weight excluding hydrogens is 685 g/mol. The van der Waals surface area contributed by atoms with Gasteiger partial charge in [-0.05, 0) is 106 Å². The standard InChI is InChI=1S/C52H34N2S/c1-3-13-35(14-4-1)36-25-28-42(29-26-36)53(47-22-12-24-51-52(47)45-21-9-10-23-50(45)55-51)43-20-11-17-37(31-43)40-27-30-44-46-32-38-15-7-8-16-39(38)33-49(46)54(48(44)34-40)41-18-5-2-6-19-41/h1-34H. The van der Waals surface area contributed by atoms with E-state index in [9.17, 15) is 0 Å². The van der Waals surface area contributed by atoms with Crippen LogP contribution in [-0.4, -0.2) is 4.57 Å². The molecule has 3 heteroatoms. The van der Waals surface area contributed by atoms with Gasteiger partial charge in [0.25, 0.3) is 0 Å². The zero-order valence-electron chi connectivity index (χ0n) is 29.9. The van der Waals surface area contributed by atoms with Crippen LogP contribution in [0.1, 0.15) is 0 Å². The Bertz CT molecular complexity index is 3190. The Morgan fingerprint density at radius 2 is 0.982 bits per heavy atom. The molecule has 0 aliphatic rings. The van der Waals surface area contributed by atoms with Crippen molar-refractivity contribution >= 4 is 81.1 Å². The first-order valence-corrected chi connectivity index (χ1v) is 19.6. The zero-order chi connectivity index (χ0) is 36.3.